The van der Waals surface area contributed by atoms with E-state index in [1.54, 1.807) is 30.4 Å². The second kappa shape index (κ2) is 15.0. The van der Waals surface area contributed by atoms with Crippen LogP contribution in [0.1, 0.15) is 23.6 Å². The Balaban J connectivity index is 0.000000195. The molecule has 0 saturated heterocycles. The number of fused-ring (bicyclic) bond motifs is 1. The summed E-state index contributed by atoms with van der Waals surface area (Å²) in [6, 6.07) is 26.7. The number of carbonyl (C=O) groups is 1. The van der Waals surface area contributed by atoms with Crippen molar-refractivity contribution in [1.82, 2.24) is 9.88 Å². The molecule has 0 bridgehead atoms. The number of aliphatic hydroxyl groups excluding tert-OH is 1. The predicted molar refractivity (Wildman–Crippen MR) is 173 cm³/mol. The summed E-state index contributed by atoms with van der Waals surface area (Å²) in [6.07, 6.45) is 6.25. The van der Waals surface area contributed by atoms with Crippen LogP contribution >= 0.6 is 11.3 Å². The Bertz CT molecular complexity index is 1560. The number of anilines is 2. The molecule has 0 spiro atoms. The average molecular weight is 567 g/mol. The van der Waals surface area contributed by atoms with Crippen molar-refractivity contribution in [3.05, 3.63) is 119 Å². The molecule has 7 heteroatoms. The van der Waals surface area contributed by atoms with Gasteiger partial charge in [-0.2, -0.15) is 0 Å². The van der Waals surface area contributed by atoms with E-state index >= 15 is 0 Å². The third-order valence-electron chi connectivity index (χ3n) is 6.75. The smallest absolute Gasteiger partial charge is 0.248 e. The number of carbonyl (C=O) groups excluding carboxylic acids is 1. The van der Waals surface area contributed by atoms with E-state index in [2.05, 4.69) is 76.9 Å². The zero-order valence-corrected chi connectivity index (χ0v) is 24.5. The molecule has 3 aromatic carbocycles. The fourth-order valence-corrected chi connectivity index (χ4v) is 5.29. The molecule has 6 nitrogen and oxygen atoms in total. The minimum Gasteiger partial charge on any atom is -0.397 e. The lowest BCUT2D eigenvalue weighted by Gasteiger charge is -2.21. The number of amides is 1. The first-order chi connectivity index (χ1) is 20.0. The summed E-state index contributed by atoms with van der Waals surface area (Å²) in [6.45, 7) is 6.62. The number of benzene rings is 3. The zero-order valence-electron chi connectivity index (χ0n) is 23.6. The van der Waals surface area contributed by atoms with Crippen molar-refractivity contribution in [2.45, 2.75) is 26.8 Å². The first-order valence-corrected chi connectivity index (χ1v) is 14.7. The SMILES string of the molecule is C/C=C/C(=O)Nc1cc(-c2cccs2)ccc1N.Cc1ccc(CN(CCO)CCc2c[nH]c3ccccc23)cc1. The lowest BCUT2D eigenvalue weighted by Crippen LogP contribution is -2.28. The Hall–Kier alpha value is -4.17. The number of aromatic nitrogens is 1. The average Bonchev–Trinajstić information content (AvgIpc) is 3.66. The Morgan fingerprint density at radius 3 is 2.59 bits per heavy atom. The van der Waals surface area contributed by atoms with Crippen molar-refractivity contribution in [2.75, 3.05) is 30.7 Å². The van der Waals surface area contributed by atoms with Gasteiger partial charge < -0.3 is 21.1 Å². The van der Waals surface area contributed by atoms with Gasteiger partial charge in [0, 0.05) is 41.6 Å². The van der Waals surface area contributed by atoms with Crippen molar-refractivity contribution in [3.8, 4) is 10.4 Å². The van der Waals surface area contributed by atoms with Gasteiger partial charge in [-0.15, -0.1) is 11.3 Å². The van der Waals surface area contributed by atoms with Gasteiger partial charge in [0.2, 0.25) is 5.91 Å². The number of aryl methyl sites for hydroxylation is 1. The first-order valence-electron chi connectivity index (χ1n) is 13.8. The molecule has 0 fully saturated rings. The van der Waals surface area contributed by atoms with E-state index in [1.807, 2.05) is 29.6 Å². The standard InChI is InChI=1S/C20H24N2O.C14H14N2OS/c1-16-6-8-17(9-7-16)15-22(12-13-23)11-10-18-14-21-20-5-3-2-4-19(18)20;1-2-4-14(17)16-12-9-10(6-7-11(12)15)13-5-3-8-18-13/h2-9,14,21,23H,10-13,15H2,1H3;2-9H,15H2,1H3,(H,16,17)/b;4-2+. The van der Waals surface area contributed by atoms with E-state index in [0.29, 0.717) is 17.9 Å². The largest absolute Gasteiger partial charge is 0.397 e. The van der Waals surface area contributed by atoms with Gasteiger partial charge >= 0.3 is 0 Å². The number of para-hydroxylation sites is 1. The van der Waals surface area contributed by atoms with E-state index in [-0.39, 0.29) is 12.5 Å². The lowest BCUT2D eigenvalue weighted by atomic mass is 10.1. The summed E-state index contributed by atoms with van der Waals surface area (Å²) in [4.78, 5) is 18.3. The molecule has 2 aromatic heterocycles. The molecule has 5 aromatic rings. The van der Waals surface area contributed by atoms with Crippen molar-refractivity contribution in [3.63, 3.8) is 0 Å². The minimum atomic E-state index is -0.174. The van der Waals surface area contributed by atoms with Gasteiger partial charge in [-0.1, -0.05) is 66.2 Å². The number of nitrogens with two attached hydrogens (primary N) is 1. The van der Waals surface area contributed by atoms with Crippen LogP contribution in [0.5, 0.6) is 0 Å². The Morgan fingerprint density at radius 1 is 1.05 bits per heavy atom. The highest BCUT2D eigenvalue weighted by atomic mass is 32.1. The number of nitrogen functional groups attached to an aromatic ring is 1. The minimum absolute atomic E-state index is 0.174. The van der Waals surface area contributed by atoms with Crippen molar-refractivity contribution in [1.29, 1.82) is 0 Å². The third kappa shape index (κ3) is 8.66. The van der Waals surface area contributed by atoms with Gasteiger partial charge in [-0.3, -0.25) is 9.69 Å². The quantitative estimate of drug-likeness (QED) is 0.108. The molecule has 0 aliphatic carbocycles. The van der Waals surface area contributed by atoms with Gasteiger partial charge in [-0.25, -0.2) is 0 Å². The zero-order chi connectivity index (χ0) is 29.0. The molecule has 0 atom stereocenters. The number of allylic oxidation sites excluding steroid dienone is 1. The van der Waals surface area contributed by atoms with Crippen LogP contribution in [0.3, 0.4) is 0 Å². The highest BCUT2D eigenvalue weighted by molar-refractivity contribution is 7.13. The molecule has 5 N–H and O–H groups in total. The molecule has 2 heterocycles. The van der Waals surface area contributed by atoms with Crippen LogP contribution in [-0.2, 0) is 17.8 Å². The molecule has 212 valence electrons. The van der Waals surface area contributed by atoms with Crippen LogP contribution in [0.2, 0.25) is 0 Å². The van der Waals surface area contributed by atoms with Gasteiger partial charge in [0.1, 0.15) is 0 Å². The molecule has 0 unspecified atom stereocenters. The number of thiophene rings is 1. The second-order valence-electron chi connectivity index (χ2n) is 9.86. The van der Waals surface area contributed by atoms with E-state index < -0.39 is 0 Å². The second-order valence-corrected chi connectivity index (χ2v) is 10.8. The van der Waals surface area contributed by atoms with Crippen LogP contribution in [0.25, 0.3) is 21.3 Å². The van der Waals surface area contributed by atoms with Crippen LogP contribution in [0.15, 0.2) is 103 Å². The predicted octanol–water partition coefficient (Wildman–Crippen LogP) is 7.03. The monoisotopic (exact) mass is 566 g/mol. The molecule has 0 saturated carbocycles. The van der Waals surface area contributed by atoms with E-state index in [1.165, 1.54) is 33.7 Å². The summed E-state index contributed by atoms with van der Waals surface area (Å²) < 4.78 is 0. The Labute approximate surface area is 246 Å². The van der Waals surface area contributed by atoms with E-state index in [4.69, 9.17) is 5.73 Å². The van der Waals surface area contributed by atoms with Crippen LogP contribution < -0.4 is 11.1 Å². The number of nitrogens with zero attached hydrogens (tertiary/aromatic N) is 1. The van der Waals surface area contributed by atoms with Gasteiger partial charge in [0.15, 0.2) is 0 Å². The van der Waals surface area contributed by atoms with Crippen molar-refractivity contribution >= 4 is 39.5 Å². The topological polar surface area (TPSA) is 94.4 Å². The van der Waals surface area contributed by atoms with E-state index in [0.717, 1.165) is 30.0 Å². The maximum atomic E-state index is 11.5. The number of H-pyrrole nitrogens is 1. The summed E-state index contributed by atoms with van der Waals surface area (Å²) >= 11 is 1.65. The maximum Gasteiger partial charge on any atom is 0.248 e. The number of aromatic amines is 1. The van der Waals surface area contributed by atoms with E-state index in [9.17, 15) is 9.90 Å². The third-order valence-corrected chi connectivity index (χ3v) is 7.67. The van der Waals surface area contributed by atoms with Gasteiger partial charge in [0.05, 0.1) is 18.0 Å². The highest BCUT2D eigenvalue weighted by Crippen LogP contribution is 2.30. The molecule has 41 heavy (non-hydrogen) atoms. The fraction of sp³-hybridized carbons (Fsp3) is 0.206. The number of nitrogens with one attached hydrogen (secondary N) is 2. The summed E-state index contributed by atoms with van der Waals surface area (Å²) in [5, 5.41) is 15.4. The van der Waals surface area contributed by atoms with Gasteiger partial charge in [-0.05, 0) is 72.7 Å². The maximum absolute atomic E-state index is 11.5. The first kappa shape index (κ1) is 29.8. The fourth-order valence-electron chi connectivity index (χ4n) is 4.57. The van der Waals surface area contributed by atoms with Crippen molar-refractivity contribution < 1.29 is 9.90 Å². The van der Waals surface area contributed by atoms with Crippen LogP contribution in [0.4, 0.5) is 11.4 Å². The molecule has 0 aliphatic rings. The molecular weight excluding hydrogens is 528 g/mol. The summed E-state index contributed by atoms with van der Waals surface area (Å²) in [5.41, 5.74) is 13.2. The number of rotatable bonds is 10. The normalized spacial score (nSPS) is 11.1. The summed E-state index contributed by atoms with van der Waals surface area (Å²) in [7, 11) is 0. The number of aliphatic hydroxyl groups is 1. The molecule has 1 amide bonds. The van der Waals surface area contributed by atoms with Gasteiger partial charge in [0.25, 0.3) is 0 Å². The lowest BCUT2D eigenvalue weighted by molar-refractivity contribution is -0.111. The molecular formula is C34H38N4O2S. The number of hydrogen-bond acceptors (Lipinski definition) is 5. The highest BCUT2D eigenvalue weighted by Gasteiger charge is 2.09. The number of hydrogen-bond donors (Lipinski definition) is 4. The molecule has 5 rings (SSSR count). The Kier molecular flexibility index (Phi) is 10.9. The Morgan fingerprint density at radius 2 is 1.85 bits per heavy atom. The van der Waals surface area contributed by atoms with Crippen LogP contribution in [0, 0.1) is 6.92 Å². The molecule has 0 radical (unpaired) electrons. The molecule has 0 aliphatic heterocycles. The summed E-state index contributed by atoms with van der Waals surface area (Å²) in [5.74, 6) is -0.174. The van der Waals surface area contributed by atoms with Crippen molar-refractivity contribution in [2.24, 2.45) is 0 Å². The van der Waals surface area contributed by atoms with Crippen LogP contribution in [-0.4, -0.2) is 40.6 Å².